The van der Waals surface area contributed by atoms with Crippen molar-refractivity contribution in [1.29, 1.82) is 0 Å². The molecule has 0 atom stereocenters. The van der Waals surface area contributed by atoms with Crippen LogP contribution in [0.2, 0.25) is 0 Å². The van der Waals surface area contributed by atoms with Gasteiger partial charge in [-0.3, -0.25) is 9.59 Å². The molecule has 0 aliphatic carbocycles. The number of carbonyl (C=O) groups excluding carboxylic acids is 1. The Morgan fingerprint density at radius 2 is 2.21 bits per heavy atom. The first kappa shape index (κ1) is 13.2. The summed E-state index contributed by atoms with van der Waals surface area (Å²) in [6.45, 7) is 0. The molecule has 0 bridgehead atoms. The lowest BCUT2D eigenvalue weighted by molar-refractivity contribution is 0.102. The summed E-state index contributed by atoms with van der Waals surface area (Å²) >= 11 is 3.21. The fourth-order valence-electron chi connectivity index (χ4n) is 1.33. The highest BCUT2D eigenvalue weighted by Gasteiger charge is 2.13. The monoisotopic (exact) mass is 324 g/mol. The first-order valence-corrected chi connectivity index (χ1v) is 5.88. The lowest BCUT2D eigenvalue weighted by atomic mass is 10.2. The van der Waals surface area contributed by atoms with E-state index in [1.807, 2.05) is 0 Å². The summed E-state index contributed by atoms with van der Waals surface area (Å²) in [5.41, 5.74) is 2.21. The van der Waals surface area contributed by atoms with Gasteiger partial charge >= 0.3 is 0 Å². The second-order valence-electron chi connectivity index (χ2n) is 3.45. The maximum absolute atomic E-state index is 12.0. The zero-order valence-corrected chi connectivity index (χ0v) is 11.1. The minimum Gasteiger partial charge on any atom is -0.308 e. The fraction of sp³-hybridized carbons (Fsp3) is 0. The second-order valence-corrected chi connectivity index (χ2v) is 4.37. The molecule has 1 amide bonds. The molecule has 0 saturated heterocycles. The maximum Gasteiger partial charge on any atom is 0.264 e. The smallest absolute Gasteiger partial charge is 0.264 e. The molecule has 2 aromatic heterocycles. The van der Waals surface area contributed by atoms with E-state index < -0.39 is 5.91 Å². The number of pyridine rings is 1. The molecule has 98 valence electrons. The molecular weight excluding hydrogens is 316 g/mol. The third-order valence-electron chi connectivity index (χ3n) is 2.16. The quantitative estimate of drug-likeness (QED) is 0.480. The SMILES string of the molecule is NNc1ncc(Br)cc1C(=O)Nc1ccc(=O)[nH]n1. The highest BCUT2D eigenvalue weighted by molar-refractivity contribution is 9.10. The number of hydrogen-bond acceptors (Lipinski definition) is 6. The van der Waals surface area contributed by atoms with Crippen molar-refractivity contribution in [2.24, 2.45) is 5.84 Å². The Bertz CT molecular complexity index is 651. The van der Waals surface area contributed by atoms with Crippen molar-refractivity contribution in [3.8, 4) is 0 Å². The second kappa shape index (κ2) is 5.59. The number of nitrogens with zero attached hydrogens (tertiary/aromatic N) is 2. The largest absolute Gasteiger partial charge is 0.308 e. The Labute approximate surface area is 115 Å². The zero-order chi connectivity index (χ0) is 13.8. The van der Waals surface area contributed by atoms with Gasteiger partial charge in [-0.25, -0.2) is 15.9 Å². The number of nitrogen functional groups attached to an aromatic ring is 1. The Morgan fingerprint density at radius 1 is 1.42 bits per heavy atom. The van der Waals surface area contributed by atoms with Crippen molar-refractivity contribution in [3.63, 3.8) is 0 Å². The average molecular weight is 325 g/mol. The molecule has 9 heteroatoms. The number of anilines is 2. The number of hydrogen-bond donors (Lipinski definition) is 4. The van der Waals surface area contributed by atoms with Crippen molar-refractivity contribution in [2.45, 2.75) is 0 Å². The Hall–Kier alpha value is -2.26. The average Bonchev–Trinajstić information content (AvgIpc) is 2.41. The van der Waals surface area contributed by atoms with Gasteiger partial charge in [0.05, 0.1) is 5.56 Å². The van der Waals surface area contributed by atoms with Gasteiger partial charge in [0, 0.05) is 16.7 Å². The van der Waals surface area contributed by atoms with Gasteiger partial charge in [0.1, 0.15) is 0 Å². The molecule has 0 unspecified atom stereocenters. The van der Waals surface area contributed by atoms with Crippen molar-refractivity contribution in [1.82, 2.24) is 15.2 Å². The number of amides is 1. The van der Waals surface area contributed by atoms with Crippen molar-refractivity contribution < 1.29 is 4.79 Å². The van der Waals surface area contributed by atoms with E-state index in [0.717, 1.165) is 0 Å². The van der Waals surface area contributed by atoms with Gasteiger partial charge < -0.3 is 10.7 Å². The maximum atomic E-state index is 12.0. The number of aromatic amines is 1. The lowest BCUT2D eigenvalue weighted by Gasteiger charge is -2.08. The lowest BCUT2D eigenvalue weighted by Crippen LogP contribution is -2.20. The van der Waals surface area contributed by atoms with E-state index in [9.17, 15) is 9.59 Å². The van der Waals surface area contributed by atoms with Gasteiger partial charge in [0.25, 0.3) is 11.5 Å². The number of halogens is 1. The predicted molar refractivity (Wildman–Crippen MR) is 72.6 cm³/mol. The third kappa shape index (κ3) is 3.14. The molecule has 19 heavy (non-hydrogen) atoms. The Morgan fingerprint density at radius 3 is 2.84 bits per heavy atom. The van der Waals surface area contributed by atoms with Crippen LogP contribution in [0, 0.1) is 0 Å². The molecule has 2 heterocycles. The zero-order valence-electron chi connectivity index (χ0n) is 9.48. The van der Waals surface area contributed by atoms with E-state index in [-0.39, 0.29) is 22.8 Å². The van der Waals surface area contributed by atoms with Crippen LogP contribution >= 0.6 is 15.9 Å². The standard InChI is InChI=1S/C10H9BrN6O2/c11-5-3-6(9(15-12)13-4-5)10(19)14-7-1-2-8(18)17-16-7/h1-4H,12H2,(H,13,15)(H,17,18)(H,14,16,19). The van der Waals surface area contributed by atoms with Gasteiger partial charge in [-0.15, -0.1) is 0 Å². The van der Waals surface area contributed by atoms with Crippen LogP contribution in [0.1, 0.15) is 10.4 Å². The van der Waals surface area contributed by atoms with E-state index in [4.69, 9.17) is 5.84 Å². The van der Waals surface area contributed by atoms with Crippen molar-refractivity contribution >= 4 is 33.5 Å². The summed E-state index contributed by atoms with van der Waals surface area (Å²) in [4.78, 5) is 26.8. The fourth-order valence-corrected chi connectivity index (χ4v) is 1.66. The molecule has 0 spiro atoms. The summed E-state index contributed by atoms with van der Waals surface area (Å²) < 4.78 is 0.631. The van der Waals surface area contributed by atoms with Crippen LogP contribution in [0.15, 0.2) is 33.7 Å². The van der Waals surface area contributed by atoms with E-state index in [0.29, 0.717) is 4.47 Å². The van der Waals surface area contributed by atoms with Crippen LogP contribution in [-0.4, -0.2) is 21.1 Å². The normalized spacial score (nSPS) is 10.0. The molecular formula is C10H9BrN6O2. The summed E-state index contributed by atoms with van der Waals surface area (Å²) in [6.07, 6.45) is 1.50. The van der Waals surface area contributed by atoms with Crippen LogP contribution in [0.3, 0.4) is 0 Å². The van der Waals surface area contributed by atoms with E-state index in [1.165, 1.54) is 18.3 Å². The van der Waals surface area contributed by atoms with Gasteiger partial charge in [-0.1, -0.05) is 0 Å². The van der Waals surface area contributed by atoms with E-state index in [2.05, 4.69) is 41.9 Å². The minimum atomic E-state index is -0.457. The van der Waals surface area contributed by atoms with Crippen LogP contribution < -0.4 is 22.1 Å². The van der Waals surface area contributed by atoms with Crippen LogP contribution in [0.5, 0.6) is 0 Å². The highest BCUT2D eigenvalue weighted by Crippen LogP contribution is 2.18. The molecule has 0 aromatic carbocycles. The summed E-state index contributed by atoms with van der Waals surface area (Å²) in [7, 11) is 0. The molecule has 8 nitrogen and oxygen atoms in total. The predicted octanol–water partition coefficient (Wildman–Crippen LogP) is 0.465. The van der Waals surface area contributed by atoms with Crippen molar-refractivity contribution in [2.75, 3.05) is 10.7 Å². The summed E-state index contributed by atoms with van der Waals surface area (Å²) in [6, 6.07) is 4.20. The number of nitrogens with one attached hydrogen (secondary N) is 3. The number of carbonyl (C=O) groups is 1. The van der Waals surface area contributed by atoms with Gasteiger partial charge in [0.15, 0.2) is 11.6 Å². The highest BCUT2D eigenvalue weighted by atomic mass is 79.9. The summed E-state index contributed by atoms with van der Waals surface area (Å²) in [5.74, 6) is 5.27. The first-order chi connectivity index (χ1) is 9.10. The van der Waals surface area contributed by atoms with Gasteiger partial charge in [-0.05, 0) is 28.1 Å². The first-order valence-electron chi connectivity index (χ1n) is 5.09. The number of H-pyrrole nitrogens is 1. The summed E-state index contributed by atoms with van der Waals surface area (Å²) in [5, 5.41) is 8.39. The van der Waals surface area contributed by atoms with Crippen LogP contribution in [0.4, 0.5) is 11.6 Å². The van der Waals surface area contributed by atoms with E-state index >= 15 is 0 Å². The molecule has 0 radical (unpaired) electrons. The van der Waals surface area contributed by atoms with Crippen molar-refractivity contribution in [3.05, 3.63) is 44.8 Å². The number of hydrazine groups is 1. The number of nitrogens with two attached hydrogens (primary N) is 1. The molecule has 2 aromatic rings. The van der Waals surface area contributed by atoms with Gasteiger partial charge in [-0.2, -0.15) is 5.10 Å². The molecule has 0 aliphatic heterocycles. The molecule has 5 N–H and O–H groups in total. The van der Waals surface area contributed by atoms with Crippen LogP contribution in [0.25, 0.3) is 0 Å². The van der Waals surface area contributed by atoms with Gasteiger partial charge in [0.2, 0.25) is 0 Å². The van der Waals surface area contributed by atoms with Crippen LogP contribution in [-0.2, 0) is 0 Å². The molecule has 0 aliphatic rings. The number of aromatic nitrogens is 3. The Kier molecular flexibility index (Phi) is 3.88. The molecule has 0 saturated carbocycles. The third-order valence-corrected chi connectivity index (χ3v) is 2.59. The molecule has 0 fully saturated rings. The minimum absolute atomic E-state index is 0.215. The Balaban J connectivity index is 2.27. The topological polar surface area (TPSA) is 126 Å². The van der Waals surface area contributed by atoms with E-state index in [1.54, 1.807) is 6.07 Å². The number of rotatable bonds is 3. The molecule has 2 rings (SSSR count).